The van der Waals surface area contributed by atoms with Crippen molar-refractivity contribution >= 4 is 35.5 Å². The van der Waals surface area contributed by atoms with Crippen molar-refractivity contribution in [2.45, 2.75) is 109 Å². The number of aliphatic hydroxyl groups is 1. The second-order valence-electron chi connectivity index (χ2n) is 8.34. The van der Waals surface area contributed by atoms with E-state index >= 15 is 0 Å². The van der Waals surface area contributed by atoms with E-state index in [9.17, 15) is 4.79 Å². The second-order valence-corrected chi connectivity index (χ2v) is 8.34. The van der Waals surface area contributed by atoms with E-state index < -0.39 is 5.97 Å². The van der Waals surface area contributed by atoms with E-state index in [1.165, 1.54) is 83.5 Å². The van der Waals surface area contributed by atoms with Crippen molar-refractivity contribution in [3.63, 3.8) is 0 Å². The maximum atomic E-state index is 10.8. The Morgan fingerprint density at radius 2 is 1.40 bits per heavy atom. The van der Waals surface area contributed by atoms with Crippen molar-refractivity contribution in [2.24, 2.45) is 5.73 Å². The van der Waals surface area contributed by atoms with Crippen molar-refractivity contribution in [3.8, 4) is 0 Å². The minimum atomic E-state index is -0.872. The molecule has 5 nitrogen and oxygen atoms in total. The summed E-state index contributed by atoms with van der Waals surface area (Å²) >= 11 is 0. The van der Waals surface area contributed by atoms with Gasteiger partial charge in [-0.3, -0.25) is 9.69 Å². The first kappa shape index (κ1) is 32.3. The van der Waals surface area contributed by atoms with Crippen LogP contribution < -0.4 is 5.73 Å². The first-order valence-electron chi connectivity index (χ1n) is 12.1. The summed E-state index contributed by atoms with van der Waals surface area (Å²) in [5.41, 5.74) is 6.12. The number of hydrogen-bond acceptors (Lipinski definition) is 4. The van der Waals surface area contributed by atoms with Crippen LogP contribution in [-0.4, -0.2) is 82.9 Å². The molecular formula is C24H49N2NaO3. The topological polar surface area (TPSA) is 86.8 Å². The van der Waals surface area contributed by atoms with Crippen LogP contribution in [0.5, 0.6) is 0 Å². The third kappa shape index (κ3) is 24.4. The molecule has 0 heterocycles. The Kier molecular flexibility index (Phi) is 27.3. The van der Waals surface area contributed by atoms with E-state index in [0.717, 1.165) is 12.8 Å². The van der Waals surface area contributed by atoms with Gasteiger partial charge in [-0.2, -0.15) is 0 Å². The van der Waals surface area contributed by atoms with E-state index in [1.54, 1.807) is 4.90 Å². The molecule has 0 aromatic carbocycles. The van der Waals surface area contributed by atoms with Crippen LogP contribution in [0.4, 0.5) is 0 Å². The average Bonchev–Trinajstić information content (AvgIpc) is 2.67. The van der Waals surface area contributed by atoms with Gasteiger partial charge in [0, 0.05) is 19.1 Å². The number of carboxylic acids is 1. The Hall–Kier alpha value is 0.0900. The van der Waals surface area contributed by atoms with Crippen molar-refractivity contribution in [1.82, 2.24) is 4.90 Å². The van der Waals surface area contributed by atoms with E-state index in [1.807, 2.05) is 0 Å². The number of nitrogens with zero attached hydrogens (tertiary/aromatic N) is 1. The van der Waals surface area contributed by atoms with Gasteiger partial charge in [-0.15, -0.1) is 0 Å². The van der Waals surface area contributed by atoms with Crippen LogP contribution in [0.25, 0.3) is 0 Å². The summed E-state index contributed by atoms with van der Waals surface area (Å²) in [5, 5.41) is 17.9. The van der Waals surface area contributed by atoms with Crippen LogP contribution in [0.2, 0.25) is 0 Å². The molecule has 0 spiro atoms. The predicted molar refractivity (Wildman–Crippen MR) is 130 cm³/mol. The third-order valence-corrected chi connectivity index (χ3v) is 5.35. The van der Waals surface area contributed by atoms with Gasteiger partial charge in [0.25, 0.3) is 0 Å². The number of allylic oxidation sites excluding steroid dienone is 2. The minimum absolute atomic E-state index is 0. The number of rotatable bonds is 22. The van der Waals surface area contributed by atoms with Gasteiger partial charge in [0.1, 0.15) is 0 Å². The standard InChI is InChI=1S/C24H48N2O3.Na.H/c1-2-3-4-5-6-7-8-9-10-11-12-13-14-15-16-17-18-23(25)21-26(19-20-27)22-24(28)29;;/h9-10,23,27H,2-8,11-22,25H2,1H3,(H,28,29);;/b10-9-;;. The fourth-order valence-electron chi connectivity index (χ4n) is 3.64. The zero-order chi connectivity index (χ0) is 21.6. The number of aliphatic carboxylic acids is 1. The molecule has 0 saturated heterocycles. The molecule has 30 heavy (non-hydrogen) atoms. The molecule has 174 valence electrons. The third-order valence-electron chi connectivity index (χ3n) is 5.35. The molecule has 0 amide bonds. The summed E-state index contributed by atoms with van der Waals surface area (Å²) in [4.78, 5) is 12.5. The average molecular weight is 437 g/mol. The normalized spacial score (nSPS) is 12.4. The molecule has 6 heteroatoms. The molecule has 0 aliphatic carbocycles. The van der Waals surface area contributed by atoms with Gasteiger partial charge in [0.2, 0.25) is 0 Å². The summed E-state index contributed by atoms with van der Waals surface area (Å²) in [6, 6.07) is -0.0160. The fourth-order valence-corrected chi connectivity index (χ4v) is 3.64. The molecule has 0 aromatic heterocycles. The van der Waals surface area contributed by atoms with Gasteiger partial charge < -0.3 is 15.9 Å². The summed E-state index contributed by atoms with van der Waals surface area (Å²) in [6.07, 6.45) is 23.8. The summed E-state index contributed by atoms with van der Waals surface area (Å²) in [6.45, 7) is 3.08. The maximum absolute atomic E-state index is 10.8. The Morgan fingerprint density at radius 3 is 1.90 bits per heavy atom. The molecule has 0 aromatic rings. The summed E-state index contributed by atoms with van der Waals surface area (Å²) < 4.78 is 0. The number of aliphatic hydroxyl groups excluding tert-OH is 1. The van der Waals surface area contributed by atoms with Crippen LogP contribution >= 0.6 is 0 Å². The van der Waals surface area contributed by atoms with Gasteiger partial charge in [-0.1, -0.05) is 83.3 Å². The number of carbonyl (C=O) groups is 1. The molecule has 0 bridgehead atoms. The Morgan fingerprint density at radius 1 is 0.900 bits per heavy atom. The molecule has 0 aliphatic heterocycles. The van der Waals surface area contributed by atoms with Crippen LogP contribution in [0.3, 0.4) is 0 Å². The van der Waals surface area contributed by atoms with E-state index in [-0.39, 0.29) is 48.8 Å². The molecule has 0 saturated carbocycles. The van der Waals surface area contributed by atoms with Crippen molar-refractivity contribution in [2.75, 3.05) is 26.2 Å². The molecule has 1 atom stereocenters. The molecule has 4 N–H and O–H groups in total. The molecule has 1 unspecified atom stereocenters. The van der Waals surface area contributed by atoms with Crippen LogP contribution in [0, 0.1) is 0 Å². The second kappa shape index (κ2) is 25.4. The molecule has 0 radical (unpaired) electrons. The molecule has 0 aliphatic rings. The quantitative estimate of drug-likeness (QED) is 0.132. The molecule has 0 rings (SSSR count). The van der Waals surface area contributed by atoms with Crippen molar-refractivity contribution < 1.29 is 15.0 Å². The van der Waals surface area contributed by atoms with Crippen LogP contribution in [-0.2, 0) is 4.79 Å². The Balaban J connectivity index is 0. The summed E-state index contributed by atoms with van der Waals surface area (Å²) in [7, 11) is 0. The van der Waals surface area contributed by atoms with Crippen molar-refractivity contribution in [1.29, 1.82) is 0 Å². The first-order chi connectivity index (χ1) is 14.1. The van der Waals surface area contributed by atoms with E-state index in [2.05, 4.69) is 19.1 Å². The Labute approximate surface area is 208 Å². The molecule has 0 fully saturated rings. The van der Waals surface area contributed by atoms with Crippen LogP contribution in [0.1, 0.15) is 103 Å². The predicted octanol–water partition coefficient (Wildman–Crippen LogP) is 4.47. The molecular weight excluding hydrogens is 387 g/mol. The van der Waals surface area contributed by atoms with Gasteiger partial charge in [0.15, 0.2) is 0 Å². The van der Waals surface area contributed by atoms with Crippen molar-refractivity contribution in [3.05, 3.63) is 12.2 Å². The zero-order valence-electron chi connectivity index (χ0n) is 19.0. The Bertz CT molecular complexity index is 395. The number of carboxylic acid groups (broad SMARTS) is 1. The van der Waals surface area contributed by atoms with Gasteiger partial charge in [-0.05, 0) is 32.1 Å². The number of nitrogens with two attached hydrogens (primary N) is 1. The fraction of sp³-hybridized carbons (Fsp3) is 0.875. The van der Waals surface area contributed by atoms with E-state index in [4.69, 9.17) is 15.9 Å². The van der Waals surface area contributed by atoms with Gasteiger partial charge in [0.05, 0.1) is 13.2 Å². The van der Waals surface area contributed by atoms with Gasteiger partial charge >= 0.3 is 35.5 Å². The van der Waals surface area contributed by atoms with Gasteiger partial charge in [-0.25, -0.2) is 0 Å². The number of unbranched alkanes of at least 4 members (excludes halogenated alkanes) is 12. The first-order valence-corrected chi connectivity index (χ1v) is 12.1. The van der Waals surface area contributed by atoms with Crippen LogP contribution in [0.15, 0.2) is 12.2 Å². The summed E-state index contributed by atoms with van der Waals surface area (Å²) in [5.74, 6) is -0.872. The number of hydrogen-bond donors (Lipinski definition) is 3. The van der Waals surface area contributed by atoms with E-state index in [0.29, 0.717) is 13.1 Å². The zero-order valence-corrected chi connectivity index (χ0v) is 19.0. The monoisotopic (exact) mass is 436 g/mol. The SMILES string of the molecule is CCCCCCCC/C=C\CCCCCCCCC(N)CN(CCO)CC(=O)O.[NaH].